The Morgan fingerprint density at radius 3 is 2.43 bits per heavy atom. The van der Waals surface area contributed by atoms with Crippen LogP contribution in [0, 0.1) is 17.6 Å². The van der Waals surface area contributed by atoms with Gasteiger partial charge in [-0.15, -0.1) is 0 Å². The number of aliphatic hydroxyl groups is 1. The van der Waals surface area contributed by atoms with Gasteiger partial charge in [0.05, 0.1) is 23.0 Å². The fourth-order valence-electron chi connectivity index (χ4n) is 5.58. The van der Waals surface area contributed by atoms with E-state index < -0.39 is 51.7 Å². The predicted octanol–water partition coefficient (Wildman–Crippen LogP) is 2.23. The molecular formula is C30H40F2N4O5S. The number of nitrogens with one attached hydrogen (secondary N) is 2. The smallest absolute Gasteiger partial charge is 0.243 e. The number of aryl methyl sites for hydroxylation is 1. The summed E-state index contributed by atoms with van der Waals surface area (Å²) < 4.78 is 56.1. The van der Waals surface area contributed by atoms with Gasteiger partial charge in [-0.1, -0.05) is 32.4 Å². The largest absolute Gasteiger partial charge is 0.389 e. The number of piperazine rings is 1. The van der Waals surface area contributed by atoms with Gasteiger partial charge in [-0.25, -0.2) is 17.2 Å². The number of benzene rings is 2. The van der Waals surface area contributed by atoms with Crippen LogP contribution in [0.2, 0.25) is 0 Å². The zero-order chi connectivity index (χ0) is 30.4. The van der Waals surface area contributed by atoms with E-state index in [9.17, 15) is 31.9 Å². The fraction of sp³-hybridized carbons (Fsp3) is 0.533. The van der Waals surface area contributed by atoms with Gasteiger partial charge in [0.1, 0.15) is 11.6 Å². The number of unbranched alkanes of at least 4 members (excludes halogenated alkanes) is 1. The second-order valence-corrected chi connectivity index (χ2v) is 13.0. The molecule has 0 aliphatic carbocycles. The molecule has 2 amide bonds. The van der Waals surface area contributed by atoms with Crippen molar-refractivity contribution in [3.05, 3.63) is 65.2 Å². The van der Waals surface area contributed by atoms with Crippen LogP contribution in [0.1, 0.15) is 44.2 Å². The molecule has 2 fully saturated rings. The molecule has 2 heterocycles. The Morgan fingerprint density at radius 2 is 1.79 bits per heavy atom. The van der Waals surface area contributed by atoms with Crippen LogP contribution < -0.4 is 10.6 Å². The molecular weight excluding hydrogens is 566 g/mol. The highest BCUT2D eigenvalue weighted by atomic mass is 32.2. The lowest BCUT2D eigenvalue weighted by Gasteiger charge is -2.38. The van der Waals surface area contributed by atoms with E-state index in [1.807, 2.05) is 13.8 Å². The Labute approximate surface area is 246 Å². The van der Waals surface area contributed by atoms with Gasteiger partial charge in [0.2, 0.25) is 21.8 Å². The molecule has 42 heavy (non-hydrogen) atoms. The zero-order valence-corrected chi connectivity index (χ0v) is 24.9. The van der Waals surface area contributed by atoms with Crippen LogP contribution in [0.15, 0.2) is 47.4 Å². The van der Waals surface area contributed by atoms with Crippen LogP contribution in [0.4, 0.5) is 8.78 Å². The van der Waals surface area contributed by atoms with Crippen LogP contribution >= 0.6 is 0 Å². The first-order valence-electron chi connectivity index (χ1n) is 14.6. The lowest BCUT2D eigenvalue weighted by molar-refractivity contribution is -0.129. The molecule has 2 aromatic carbocycles. The van der Waals surface area contributed by atoms with Crippen molar-refractivity contribution < 1.29 is 31.9 Å². The van der Waals surface area contributed by atoms with E-state index in [1.165, 1.54) is 4.31 Å². The van der Waals surface area contributed by atoms with Crippen molar-refractivity contribution >= 4 is 21.8 Å². The van der Waals surface area contributed by atoms with Gasteiger partial charge in [0.15, 0.2) is 0 Å². The van der Waals surface area contributed by atoms with Gasteiger partial charge in [-0.05, 0) is 54.7 Å². The SMILES string of the molecule is CCCCN1CC(C(=O)NC(Cc2cc(F)cc(F)c2)[C@H](O)[C@H]2CN(S(=O)(=O)c3ccc(CC)cc3)CCN2)CC1=O. The molecule has 2 aliphatic rings. The first kappa shape index (κ1) is 32.0. The number of amides is 2. The molecule has 0 bridgehead atoms. The number of halogens is 2. The highest BCUT2D eigenvalue weighted by Gasteiger charge is 2.39. The van der Waals surface area contributed by atoms with Gasteiger partial charge in [-0.2, -0.15) is 4.31 Å². The van der Waals surface area contributed by atoms with Crippen molar-refractivity contribution in [2.24, 2.45) is 5.92 Å². The molecule has 9 nitrogen and oxygen atoms in total. The number of aliphatic hydroxyl groups excluding tert-OH is 1. The third kappa shape index (κ3) is 7.71. The van der Waals surface area contributed by atoms with E-state index in [2.05, 4.69) is 10.6 Å². The molecule has 4 rings (SSSR count). The Bertz CT molecular complexity index is 1340. The maximum atomic E-state index is 14.0. The Balaban J connectivity index is 1.52. The fourth-order valence-corrected chi connectivity index (χ4v) is 7.04. The lowest BCUT2D eigenvalue weighted by Crippen LogP contribution is -2.62. The molecule has 3 N–H and O–H groups in total. The van der Waals surface area contributed by atoms with Crippen molar-refractivity contribution in [2.45, 2.75) is 69.0 Å². The summed E-state index contributed by atoms with van der Waals surface area (Å²) in [7, 11) is -3.85. The molecule has 12 heteroatoms. The normalized spacial score (nSPS) is 21.4. The minimum absolute atomic E-state index is 0.0392. The molecule has 0 saturated carbocycles. The van der Waals surface area contributed by atoms with E-state index in [0.29, 0.717) is 6.54 Å². The number of carbonyl (C=O) groups is 2. The highest BCUT2D eigenvalue weighted by molar-refractivity contribution is 7.89. The summed E-state index contributed by atoms with van der Waals surface area (Å²) >= 11 is 0. The molecule has 2 aliphatic heterocycles. The van der Waals surface area contributed by atoms with E-state index in [0.717, 1.165) is 43.0 Å². The number of sulfonamides is 1. The number of likely N-dealkylation sites (tertiary alicyclic amines) is 1. The standard InChI is InChI=1S/C30H40F2N4O5S/c1-3-5-11-35-18-22(16-28(35)37)30(39)34-26(15-21-13-23(31)17-24(32)14-21)29(38)27-19-36(12-10-33-27)42(40,41)25-8-6-20(4-2)7-9-25/h6-9,13-14,17,22,26-27,29,33,38H,3-5,10-12,15-16,18-19H2,1-2H3,(H,34,39)/t22?,26?,27-,29+/m1/s1. The van der Waals surface area contributed by atoms with Crippen molar-refractivity contribution in [2.75, 3.05) is 32.7 Å². The molecule has 230 valence electrons. The van der Waals surface area contributed by atoms with Crippen LogP contribution in [0.5, 0.6) is 0 Å². The summed E-state index contributed by atoms with van der Waals surface area (Å²) in [5.74, 6) is -2.77. The quantitative estimate of drug-likeness (QED) is 0.341. The molecule has 0 radical (unpaired) electrons. The topological polar surface area (TPSA) is 119 Å². The average molecular weight is 607 g/mol. The third-order valence-electron chi connectivity index (χ3n) is 8.03. The highest BCUT2D eigenvalue weighted by Crippen LogP contribution is 2.23. The van der Waals surface area contributed by atoms with Crippen LogP contribution in [0.3, 0.4) is 0 Å². The van der Waals surface area contributed by atoms with Gasteiger partial charge >= 0.3 is 0 Å². The third-order valence-corrected chi connectivity index (χ3v) is 9.91. The van der Waals surface area contributed by atoms with Crippen LogP contribution in [-0.2, 0) is 32.5 Å². The van der Waals surface area contributed by atoms with Crippen molar-refractivity contribution in [1.82, 2.24) is 19.8 Å². The minimum Gasteiger partial charge on any atom is -0.389 e. The first-order valence-corrected chi connectivity index (χ1v) is 16.0. The van der Waals surface area contributed by atoms with Crippen LogP contribution in [-0.4, -0.2) is 85.5 Å². The minimum atomic E-state index is -3.85. The number of nitrogens with zero attached hydrogens (tertiary/aromatic N) is 2. The summed E-state index contributed by atoms with van der Waals surface area (Å²) in [5, 5.41) is 17.5. The lowest BCUT2D eigenvalue weighted by atomic mass is 9.94. The Kier molecular flexibility index (Phi) is 10.7. The first-order chi connectivity index (χ1) is 20.0. The molecule has 2 unspecified atom stereocenters. The summed E-state index contributed by atoms with van der Waals surface area (Å²) in [6.45, 7) is 5.18. The second-order valence-electron chi connectivity index (χ2n) is 11.1. The van der Waals surface area contributed by atoms with E-state index in [4.69, 9.17) is 0 Å². The van der Waals surface area contributed by atoms with Gasteiger partial charge in [0, 0.05) is 51.3 Å². The summed E-state index contributed by atoms with van der Waals surface area (Å²) in [5.41, 5.74) is 1.23. The van der Waals surface area contributed by atoms with Crippen molar-refractivity contribution in [1.29, 1.82) is 0 Å². The number of hydrogen-bond donors (Lipinski definition) is 3. The van der Waals surface area contributed by atoms with Crippen molar-refractivity contribution in [3.63, 3.8) is 0 Å². The maximum Gasteiger partial charge on any atom is 0.243 e. The molecule has 0 aromatic heterocycles. The van der Waals surface area contributed by atoms with Gasteiger partial charge < -0.3 is 20.6 Å². The zero-order valence-electron chi connectivity index (χ0n) is 24.1. The Hall–Kier alpha value is -2.93. The van der Waals surface area contributed by atoms with Crippen molar-refractivity contribution in [3.8, 4) is 0 Å². The second kappa shape index (κ2) is 14.0. The Morgan fingerprint density at radius 1 is 1.10 bits per heavy atom. The number of hydrogen-bond acceptors (Lipinski definition) is 6. The van der Waals surface area contributed by atoms with Gasteiger partial charge in [0.25, 0.3) is 0 Å². The summed E-state index contributed by atoms with van der Waals surface area (Å²) in [6, 6.07) is 7.87. The number of carbonyl (C=O) groups excluding carboxylic acids is 2. The summed E-state index contributed by atoms with van der Waals surface area (Å²) in [4.78, 5) is 27.6. The molecule has 2 saturated heterocycles. The van der Waals surface area contributed by atoms with E-state index in [-0.39, 0.29) is 55.4 Å². The summed E-state index contributed by atoms with van der Waals surface area (Å²) in [6.07, 6.45) is 1.12. The predicted molar refractivity (Wildman–Crippen MR) is 154 cm³/mol. The van der Waals surface area contributed by atoms with E-state index >= 15 is 0 Å². The molecule has 2 aromatic rings. The maximum absolute atomic E-state index is 14.0. The average Bonchev–Trinajstić information content (AvgIpc) is 3.35. The monoisotopic (exact) mass is 606 g/mol. The molecule has 4 atom stereocenters. The molecule has 0 spiro atoms. The van der Waals surface area contributed by atoms with Crippen LogP contribution in [0.25, 0.3) is 0 Å². The van der Waals surface area contributed by atoms with Gasteiger partial charge in [-0.3, -0.25) is 9.59 Å². The van der Waals surface area contributed by atoms with E-state index in [1.54, 1.807) is 29.2 Å². The number of rotatable bonds is 12.